The van der Waals surface area contributed by atoms with Crippen molar-refractivity contribution in [2.75, 3.05) is 13.1 Å². The summed E-state index contributed by atoms with van der Waals surface area (Å²) in [6.45, 7) is 9.06. The zero-order valence-electron chi connectivity index (χ0n) is 11.7. The van der Waals surface area contributed by atoms with Gasteiger partial charge in [0.25, 0.3) is 0 Å². The van der Waals surface area contributed by atoms with Crippen LogP contribution in [0.15, 0.2) is 28.7 Å². The van der Waals surface area contributed by atoms with Crippen LogP contribution in [0, 0.1) is 11.8 Å². The molecular formula is C16H24BrN. The van der Waals surface area contributed by atoms with Gasteiger partial charge in [-0.3, -0.25) is 0 Å². The zero-order chi connectivity index (χ0) is 13.2. The minimum atomic E-state index is 0.370. The maximum Gasteiger partial charge on any atom is 0.0178 e. The molecule has 2 rings (SSSR count). The Kier molecular flexibility index (Phi) is 4.50. The molecule has 0 saturated heterocycles. The number of nitrogens with one attached hydrogen (secondary N) is 1. The summed E-state index contributed by atoms with van der Waals surface area (Å²) >= 11 is 3.60. The predicted octanol–water partition coefficient (Wildman–Crippen LogP) is 4.36. The van der Waals surface area contributed by atoms with E-state index in [1.807, 2.05) is 0 Å². The number of benzene rings is 1. The molecule has 0 aliphatic heterocycles. The molecule has 1 N–H and O–H groups in total. The van der Waals surface area contributed by atoms with Crippen molar-refractivity contribution in [3.63, 3.8) is 0 Å². The van der Waals surface area contributed by atoms with Gasteiger partial charge in [-0.1, -0.05) is 48.8 Å². The zero-order valence-corrected chi connectivity index (χ0v) is 13.3. The van der Waals surface area contributed by atoms with Crippen LogP contribution in [-0.4, -0.2) is 13.1 Å². The lowest BCUT2D eigenvalue weighted by atomic mass is 9.56. The Morgan fingerprint density at radius 1 is 1.39 bits per heavy atom. The molecule has 1 aromatic carbocycles. The van der Waals surface area contributed by atoms with Crippen LogP contribution >= 0.6 is 15.9 Å². The second-order valence-corrected chi connectivity index (χ2v) is 6.90. The van der Waals surface area contributed by atoms with Crippen molar-refractivity contribution in [2.45, 2.75) is 39.0 Å². The van der Waals surface area contributed by atoms with E-state index in [-0.39, 0.29) is 0 Å². The third kappa shape index (κ3) is 2.80. The molecule has 1 saturated carbocycles. The largest absolute Gasteiger partial charge is 0.316 e. The van der Waals surface area contributed by atoms with Crippen LogP contribution in [0.25, 0.3) is 0 Å². The number of halogens is 1. The molecule has 0 unspecified atom stereocenters. The first-order chi connectivity index (χ1) is 8.57. The van der Waals surface area contributed by atoms with Gasteiger partial charge in [-0.2, -0.15) is 0 Å². The minimum absolute atomic E-state index is 0.370. The van der Waals surface area contributed by atoms with Gasteiger partial charge in [0, 0.05) is 16.4 Å². The average Bonchev–Trinajstić information content (AvgIpc) is 2.27. The molecule has 0 atom stereocenters. The number of rotatable bonds is 5. The molecule has 1 fully saturated rings. The van der Waals surface area contributed by atoms with Crippen molar-refractivity contribution >= 4 is 15.9 Å². The van der Waals surface area contributed by atoms with Crippen LogP contribution < -0.4 is 5.32 Å². The third-order valence-electron chi connectivity index (χ3n) is 4.40. The summed E-state index contributed by atoms with van der Waals surface area (Å²) in [7, 11) is 0. The monoisotopic (exact) mass is 309 g/mol. The molecule has 0 amide bonds. The van der Waals surface area contributed by atoms with Gasteiger partial charge >= 0.3 is 0 Å². The van der Waals surface area contributed by atoms with Crippen LogP contribution in [-0.2, 0) is 5.41 Å². The van der Waals surface area contributed by atoms with E-state index >= 15 is 0 Å². The van der Waals surface area contributed by atoms with Crippen molar-refractivity contribution in [1.82, 2.24) is 5.32 Å². The van der Waals surface area contributed by atoms with E-state index in [4.69, 9.17) is 0 Å². The summed E-state index contributed by atoms with van der Waals surface area (Å²) in [5.41, 5.74) is 1.86. The summed E-state index contributed by atoms with van der Waals surface area (Å²) in [5.74, 6) is 1.70. The Labute approximate surface area is 119 Å². The lowest BCUT2D eigenvalue weighted by molar-refractivity contribution is 0.0982. The number of hydrogen-bond acceptors (Lipinski definition) is 1. The van der Waals surface area contributed by atoms with Gasteiger partial charge in [0.2, 0.25) is 0 Å². The van der Waals surface area contributed by atoms with E-state index < -0.39 is 0 Å². The fraction of sp³-hybridized carbons (Fsp3) is 0.625. The Morgan fingerprint density at radius 3 is 2.67 bits per heavy atom. The van der Waals surface area contributed by atoms with Crippen LogP contribution in [0.3, 0.4) is 0 Å². The smallest absolute Gasteiger partial charge is 0.0178 e. The van der Waals surface area contributed by atoms with Crippen molar-refractivity contribution in [3.05, 3.63) is 34.3 Å². The second kappa shape index (κ2) is 5.75. The third-order valence-corrected chi connectivity index (χ3v) is 4.89. The first kappa shape index (κ1) is 14.1. The van der Waals surface area contributed by atoms with E-state index in [0.717, 1.165) is 24.9 Å². The fourth-order valence-electron chi connectivity index (χ4n) is 3.08. The quantitative estimate of drug-likeness (QED) is 0.852. The molecule has 0 heterocycles. The molecule has 1 nitrogen and oxygen atoms in total. The van der Waals surface area contributed by atoms with Crippen LogP contribution in [0.4, 0.5) is 0 Å². The maximum absolute atomic E-state index is 3.60. The molecule has 1 aliphatic carbocycles. The Balaban J connectivity index is 2.17. The predicted molar refractivity (Wildman–Crippen MR) is 81.9 cm³/mol. The molecule has 2 heteroatoms. The average molecular weight is 310 g/mol. The van der Waals surface area contributed by atoms with Gasteiger partial charge in [-0.25, -0.2) is 0 Å². The molecule has 0 radical (unpaired) electrons. The van der Waals surface area contributed by atoms with Gasteiger partial charge < -0.3 is 5.32 Å². The molecule has 0 bridgehead atoms. The molecule has 1 aromatic rings. The summed E-state index contributed by atoms with van der Waals surface area (Å²) in [6, 6.07) is 8.87. The van der Waals surface area contributed by atoms with Gasteiger partial charge in [-0.15, -0.1) is 0 Å². The highest BCUT2D eigenvalue weighted by Crippen LogP contribution is 2.50. The second-order valence-electron chi connectivity index (χ2n) is 5.98. The Hall–Kier alpha value is -0.340. The maximum atomic E-state index is 3.60. The van der Waals surface area contributed by atoms with E-state index in [1.54, 1.807) is 0 Å². The SMILES string of the molecule is CCNCC1(c2cccc(Br)c2)CC(C(C)C)C1. The van der Waals surface area contributed by atoms with Crippen molar-refractivity contribution < 1.29 is 0 Å². The summed E-state index contributed by atoms with van der Waals surface area (Å²) in [4.78, 5) is 0. The fourth-order valence-corrected chi connectivity index (χ4v) is 3.48. The molecule has 18 heavy (non-hydrogen) atoms. The van der Waals surface area contributed by atoms with Crippen molar-refractivity contribution in [3.8, 4) is 0 Å². The number of likely N-dealkylation sites (N-methyl/N-ethyl adjacent to an activating group) is 1. The van der Waals surface area contributed by atoms with Crippen LogP contribution in [0.2, 0.25) is 0 Å². The summed E-state index contributed by atoms with van der Waals surface area (Å²) < 4.78 is 1.20. The lowest BCUT2D eigenvalue weighted by Crippen LogP contribution is -2.50. The molecule has 100 valence electrons. The first-order valence-electron chi connectivity index (χ1n) is 7.04. The lowest BCUT2D eigenvalue weighted by Gasteiger charge is -2.50. The highest BCUT2D eigenvalue weighted by atomic mass is 79.9. The minimum Gasteiger partial charge on any atom is -0.316 e. The van der Waals surface area contributed by atoms with E-state index in [9.17, 15) is 0 Å². The van der Waals surface area contributed by atoms with Crippen LogP contribution in [0.5, 0.6) is 0 Å². The molecular weight excluding hydrogens is 286 g/mol. The summed E-state index contributed by atoms with van der Waals surface area (Å²) in [5, 5.41) is 3.55. The highest BCUT2D eigenvalue weighted by molar-refractivity contribution is 9.10. The standard InChI is InChI=1S/C16H24BrN/c1-4-18-11-16(9-13(10-16)12(2)3)14-6-5-7-15(17)8-14/h5-8,12-13,18H,4,9-11H2,1-3H3. The van der Waals surface area contributed by atoms with Crippen LogP contribution in [0.1, 0.15) is 39.2 Å². The first-order valence-corrected chi connectivity index (χ1v) is 7.83. The molecule has 0 aromatic heterocycles. The van der Waals surface area contributed by atoms with Gasteiger partial charge in [0.05, 0.1) is 0 Å². The molecule has 1 aliphatic rings. The van der Waals surface area contributed by atoms with Gasteiger partial charge in [-0.05, 0) is 48.9 Å². The Morgan fingerprint density at radius 2 is 2.11 bits per heavy atom. The molecule has 0 spiro atoms. The normalized spacial score (nSPS) is 27.3. The topological polar surface area (TPSA) is 12.0 Å². The van der Waals surface area contributed by atoms with Gasteiger partial charge in [0.15, 0.2) is 0 Å². The van der Waals surface area contributed by atoms with Gasteiger partial charge in [0.1, 0.15) is 0 Å². The highest BCUT2D eigenvalue weighted by Gasteiger charge is 2.45. The summed E-state index contributed by atoms with van der Waals surface area (Å²) in [6.07, 6.45) is 2.66. The van der Waals surface area contributed by atoms with E-state index in [1.165, 1.54) is 22.9 Å². The van der Waals surface area contributed by atoms with E-state index in [0.29, 0.717) is 5.41 Å². The Bertz CT molecular complexity index is 394. The van der Waals surface area contributed by atoms with E-state index in [2.05, 4.69) is 66.3 Å². The van der Waals surface area contributed by atoms with Crippen molar-refractivity contribution in [1.29, 1.82) is 0 Å². The number of hydrogen-bond donors (Lipinski definition) is 1. The van der Waals surface area contributed by atoms with Crippen molar-refractivity contribution in [2.24, 2.45) is 11.8 Å².